The molecule has 3 N–H and O–H groups in total. The minimum Gasteiger partial charge on any atom is -0.466 e. The molecule has 0 aliphatic rings. The van der Waals surface area contributed by atoms with Gasteiger partial charge in [-0.05, 0) is 44.9 Å². The number of esters is 1. The number of nitrogens with one attached hydrogen (secondary N) is 1. The highest BCUT2D eigenvalue weighted by Gasteiger charge is 2.20. The van der Waals surface area contributed by atoms with Crippen LogP contribution in [0, 0.1) is 0 Å². The van der Waals surface area contributed by atoms with Gasteiger partial charge in [-0.1, -0.05) is 296 Å². The largest absolute Gasteiger partial charge is 0.466 e. The Morgan fingerprint density at radius 3 is 1.10 bits per heavy atom. The Labute approximate surface area is 419 Å². The third-order valence-electron chi connectivity index (χ3n) is 14.3. The number of amides is 1. The number of hydrogen-bond donors (Lipinski definition) is 3. The van der Waals surface area contributed by atoms with Gasteiger partial charge in [-0.3, -0.25) is 9.59 Å². The molecule has 67 heavy (non-hydrogen) atoms. The van der Waals surface area contributed by atoms with Gasteiger partial charge in [0.1, 0.15) is 0 Å². The second kappa shape index (κ2) is 57.2. The molecule has 2 atom stereocenters. The zero-order chi connectivity index (χ0) is 48.6. The van der Waals surface area contributed by atoms with Gasteiger partial charge in [0.15, 0.2) is 0 Å². The summed E-state index contributed by atoms with van der Waals surface area (Å²) < 4.78 is 5.46. The van der Waals surface area contributed by atoms with Crippen LogP contribution in [0.2, 0.25) is 0 Å². The Bertz CT molecular complexity index is 1000. The van der Waals surface area contributed by atoms with Crippen molar-refractivity contribution in [2.24, 2.45) is 0 Å². The Kier molecular flexibility index (Phi) is 56.0. The zero-order valence-electron chi connectivity index (χ0n) is 45.4. The molecule has 0 radical (unpaired) electrons. The average molecular weight is 947 g/mol. The smallest absolute Gasteiger partial charge is 0.305 e. The van der Waals surface area contributed by atoms with Crippen molar-refractivity contribution in [3.05, 3.63) is 12.2 Å². The second-order valence-electron chi connectivity index (χ2n) is 21.0. The summed E-state index contributed by atoms with van der Waals surface area (Å²) in [6, 6.07) is -0.536. The van der Waals surface area contributed by atoms with E-state index in [1.54, 1.807) is 0 Å². The first-order chi connectivity index (χ1) is 33.0. The predicted molar refractivity (Wildman–Crippen MR) is 292 cm³/mol. The normalized spacial score (nSPS) is 12.6. The maximum Gasteiger partial charge on any atom is 0.305 e. The molecule has 0 rings (SSSR count). The van der Waals surface area contributed by atoms with Crippen molar-refractivity contribution in [1.29, 1.82) is 0 Å². The molecule has 0 fully saturated rings. The van der Waals surface area contributed by atoms with E-state index in [-0.39, 0.29) is 18.5 Å². The standard InChI is InChI=1S/C61H119NO5/c1-3-5-7-9-11-13-34-39-43-47-51-55-61(66)67-56-52-48-44-40-36-33-31-29-27-25-23-21-19-17-15-16-18-20-22-24-26-28-30-32-35-38-42-46-50-54-60(65)62-58(57-63)59(64)53-49-45-41-37-14-12-10-8-6-4-2/h9,11,58-59,63-64H,3-8,10,12-57H2,1-2H3,(H,62,65)/b11-9-. The van der Waals surface area contributed by atoms with Crippen LogP contribution in [-0.2, 0) is 14.3 Å². The zero-order valence-corrected chi connectivity index (χ0v) is 45.4. The third-order valence-corrected chi connectivity index (χ3v) is 14.3. The first-order valence-electron chi connectivity index (χ1n) is 30.4. The summed E-state index contributed by atoms with van der Waals surface area (Å²) in [5, 5.41) is 23.2. The molecule has 0 aromatic carbocycles. The Morgan fingerprint density at radius 1 is 0.403 bits per heavy atom. The van der Waals surface area contributed by atoms with Gasteiger partial charge in [0.2, 0.25) is 5.91 Å². The van der Waals surface area contributed by atoms with Gasteiger partial charge >= 0.3 is 5.97 Å². The number of carbonyl (C=O) groups excluding carboxylic acids is 2. The maximum atomic E-state index is 12.4. The monoisotopic (exact) mass is 946 g/mol. The van der Waals surface area contributed by atoms with Gasteiger partial charge in [0.25, 0.3) is 0 Å². The van der Waals surface area contributed by atoms with E-state index in [9.17, 15) is 19.8 Å². The summed E-state index contributed by atoms with van der Waals surface area (Å²) >= 11 is 0. The molecule has 398 valence electrons. The lowest BCUT2D eigenvalue weighted by atomic mass is 10.0. The molecule has 0 aromatic heterocycles. The Balaban J connectivity index is 3.30. The van der Waals surface area contributed by atoms with Crippen LogP contribution in [-0.4, -0.2) is 47.4 Å². The average Bonchev–Trinajstić information content (AvgIpc) is 3.33. The lowest BCUT2D eigenvalue weighted by Crippen LogP contribution is -2.45. The summed E-state index contributed by atoms with van der Waals surface area (Å²) in [4.78, 5) is 24.4. The number of ether oxygens (including phenoxy) is 1. The third kappa shape index (κ3) is 53.8. The van der Waals surface area contributed by atoms with Gasteiger partial charge < -0.3 is 20.3 Å². The highest BCUT2D eigenvalue weighted by atomic mass is 16.5. The maximum absolute atomic E-state index is 12.4. The fourth-order valence-electron chi connectivity index (χ4n) is 9.62. The molecule has 1 amide bonds. The van der Waals surface area contributed by atoms with Gasteiger partial charge in [0, 0.05) is 12.8 Å². The van der Waals surface area contributed by atoms with Gasteiger partial charge in [-0.15, -0.1) is 0 Å². The Hall–Kier alpha value is -1.40. The van der Waals surface area contributed by atoms with E-state index in [1.807, 2.05) is 0 Å². The molecule has 0 saturated carbocycles. The van der Waals surface area contributed by atoms with E-state index in [2.05, 4.69) is 31.3 Å². The summed E-state index contributed by atoms with van der Waals surface area (Å²) in [6.45, 7) is 4.92. The Morgan fingerprint density at radius 2 is 0.716 bits per heavy atom. The summed E-state index contributed by atoms with van der Waals surface area (Å²) in [5.74, 6) is -0.0231. The van der Waals surface area contributed by atoms with Crippen LogP contribution in [0.3, 0.4) is 0 Å². The summed E-state index contributed by atoms with van der Waals surface area (Å²) in [7, 11) is 0. The highest BCUT2D eigenvalue weighted by molar-refractivity contribution is 5.76. The molecule has 6 nitrogen and oxygen atoms in total. The lowest BCUT2D eigenvalue weighted by Gasteiger charge is -2.22. The van der Waals surface area contributed by atoms with E-state index < -0.39 is 12.1 Å². The van der Waals surface area contributed by atoms with Gasteiger partial charge in [0.05, 0.1) is 25.4 Å². The number of rotatable bonds is 57. The number of allylic oxidation sites excluding steroid dienone is 2. The van der Waals surface area contributed by atoms with E-state index in [4.69, 9.17) is 4.74 Å². The number of hydrogen-bond acceptors (Lipinski definition) is 5. The first-order valence-corrected chi connectivity index (χ1v) is 30.4. The number of unbranched alkanes of at least 4 members (excludes halogenated alkanes) is 44. The molecule has 2 unspecified atom stereocenters. The SMILES string of the molecule is CCCC/C=C\CCCCCCCC(=O)OCCCCCCCCCCCCCCCCCCCCCCCCCCCCCCCC(=O)NC(CO)C(O)CCCCCCCCCCCC. The van der Waals surface area contributed by atoms with Crippen LogP contribution >= 0.6 is 0 Å². The molecular weight excluding hydrogens is 827 g/mol. The number of aliphatic hydroxyl groups is 2. The molecule has 0 bridgehead atoms. The molecule has 0 heterocycles. The fourth-order valence-corrected chi connectivity index (χ4v) is 9.62. The van der Waals surface area contributed by atoms with Crippen LogP contribution in [0.15, 0.2) is 12.2 Å². The highest BCUT2D eigenvalue weighted by Crippen LogP contribution is 2.18. The van der Waals surface area contributed by atoms with Crippen molar-refractivity contribution >= 4 is 11.9 Å². The molecule has 6 heteroatoms. The van der Waals surface area contributed by atoms with E-state index in [1.165, 1.54) is 263 Å². The molecule has 0 saturated heterocycles. The first kappa shape index (κ1) is 65.6. The van der Waals surface area contributed by atoms with E-state index in [0.717, 1.165) is 44.9 Å². The topological polar surface area (TPSA) is 95.9 Å². The van der Waals surface area contributed by atoms with Crippen molar-refractivity contribution in [3.8, 4) is 0 Å². The number of carbonyl (C=O) groups is 2. The van der Waals surface area contributed by atoms with Crippen LogP contribution in [0.1, 0.15) is 341 Å². The van der Waals surface area contributed by atoms with Crippen LogP contribution in [0.5, 0.6) is 0 Å². The summed E-state index contributed by atoms with van der Waals surface area (Å²) in [5.41, 5.74) is 0. The molecule has 0 aliphatic carbocycles. The predicted octanol–water partition coefficient (Wildman–Crippen LogP) is 18.9. The quantitative estimate of drug-likeness (QED) is 0.0321. The fraction of sp³-hybridized carbons (Fsp3) is 0.934. The van der Waals surface area contributed by atoms with Crippen LogP contribution < -0.4 is 5.32 Å². The van der Waals surface area contributed by atoms with Crippen molar-refractivity contribution in [1.82, 2.24) is 5.32 Å². The van der Waals surface area contributed by atoms with Crippen molar-refractivity contribution < 1.29 is 24.5 Å². The lowest BCUT2D eigenvalue weighted by molar-refractivity contribution is -0.143. The van der Waals surface area contributed by atoms with Crippen molar-refractivity contribution in [3.63, 3.8) is 0 Å². The molecular formula is C61H119NO5. The van der Waals surface area contributed by atoms with Crippen molar-refractivity contribution in [2.75, 3.05) is 13.2 Å². The molecule has 0 aliphatic heterocycles. The summed E-state index contributed by atoms with van der Waals surface area (Å²) in [6.07, 6.45) is 68.1. The van der Waals surface area contributed by atoms with Crippen LogP contribution in [0.25, 0.3) is 0 Å². The molecule has 0 aromatic rings. The second-order valence-corrected chi connectivity index (χ2v) is 21.0. The van der Waals surface area contributed by atoms with Gasteiger partial charge in [-0.25, -0.2) is 0 Å². The van der Waals surface area contributed by atoms with Crippen molar-refractivity contribution in [2.45, 2.75) is 353 Å². The van der Waals surface area contributed by atoms with Crippen LogP contribution in [0.4, 0.5) is 0 Å². The molecule has 0 spiro atoms. The van der Waals surface area contributed by atoms with E-state index in [0.29, 0.717) is 25.9 Å². The minimum absolute atomic E-state index is 0.00858. The minimum atomic E-state index is -0.659. The van der Waals surface area contributed by atoms with E-state index >= 15 is 0 Å². The number of aliphatic hydroxyl groups excluding tert-OH is 2. The van der Waals surface area contributed by atoms with Gasteiger partial charge in [-0.2, -0.15) is 0 Å².